The fraction of sp³-hybridized carbons (Fsp3) is 0.286. The number of carbonyl (C=O) groups excluding carboxylic acids is 1. The van der Waals surface area contributed by atoms with Crippen LogP contribution in [0.1, 0.15) is 13.2 Å². The maximum Gasteiger partial charge on any atom is 0.281 e. The van der Waals surface area contributed by atoms with Crippen molar-refractivity contribution in [2.45, 2.75) is 13.2 Å². The Labute approximate surface area is 84.9 Å². The van der Waals surface area contributed by atoms with E-state index >= 15 is 0 Å². The summed E-state index contributed by atoms with van der Waals surface area (Å²) in [5.74, 6) is -0.941. The van der Waals surface area contributed by atoms with Crippen molar-refractivity contribution in [3.8, 4) is 6.07 Å². The third-order valence-corrected chi connectivity index (χ3v) is 1.44. The van der Waals surface area contributed by atoms with E-state index in [1.165, 1.54) is 23.4 Å². The molecule has 1 rings (SSSR count). The van der Waals surface area contributed by atoms with Crippen LogP contribution in [0.4, 0.5) is 0 Å². The summed E-state index contributed by atoms with van der Waals surface area (Å²) in [6, 6.07) is 1.51. The Morgan fingerprint density at radius 1 is 1.80 bits per heavy atom. The number of nitriles is 1. The average Bonchev–Trinajstić information content (AvgIpc) is 2.70. The number of carbonyl (C=O) groups is 1. The average molecular weight is 208 g/mol. The first kappa shape index (κ1) is 10.6. The van der Waals surface area contributed by atoms with Crippen LogP contribution >= 0.6 is 0 Å². The molecule has 1 aromatic rings. The molecule has 0 aromatic carbocycles. The van der Waals surface area contributed by atoms with Crippen molar-refractivity contribution in [1.29, 1.82) is 5.26 Å². The maximum absolute atomic E-state index is 10.6. The van der Waals surface area contributed by atoms with Crippen LogP contribution in [0.25, 0.3) is 0 Å². The second kappa shape index (κ2) is 4.71. The highest BCUT2D eigenvalue weighted by Crippen LogP contribution is 2.04. The van der Waals surface area contributed by atoms with Gasteiger partial charge in [-0.15, -0.1) is 0 Å². The summed E-state index contributed by atoms with van der Waals surface area (Å²) >= 11 is 0. The van der Waals surface area contributed by atoms with E-state index in [9.17, 15) is 4.79 Å². The van der Waals surface area contributed by atoms with Crippen LogP contribution in [0, 0.1) is 11.3 Å². The van der Waals surface area contributed by atoms with Gasteiger partial charge in [-0.25, -0.2) is 9.67 Å². The van der Waals surface area contributed by atoms with Gasteiger partial charge in [0, 0.05) is 0 Å². The van der Waals surface area contributed by atoms with Crippen LogP contribution in [-0.2, 0) is 9.63 Å². The van der Waals surface area contributed by atoms with Gasteiger partial charge in [0.25, 0.3) is 5.91 Å². The van der Waals surface area contributed by atoms with E-state index in [0.29, 0.717) is 0 Å². The topological polar surface area (TPSA) is 119 Å². The van der Waals surface area contributed by atoms with E-state index in [4.69, 9.17) is 15.8 Å². The summed E-state index contributed by atoms with van der Waals surface area (Å²) in [5, 5.41) is 15.5. The number of hydrogen-bond acceptors (Lipinski definition) is 6. The van der Waals surface area contributed by atoms with Gasteiger partial charge in [-0.3, -0.25) is 4.79 Å². The number of nitrogens with zero attached hydrogens (tertiary/aromatic N) is 5. The summed E-state index contributed by atoms with van der Waals surface area (Å²) in [4.78, 5) is 19.1. The number of rotatable bonds is 4. The van der Waals surface area contributed by atoms with Gasteiger partial charge in [0.05, 0.1) is 0 Å². The van der Waals surface area contributed by atoms with Gasteiger partial charge >= 0.3 is 0 Å². The van der Waals surface area contributed by atoms with E-state index in [-0.39, 0.29) is 0 Å². The smallest absolute Gasteiger partial charge is 0.281 e. The molecule has 0 saturated carbocycles. The Bertz CT molecular complexity index is 404. The zero-order valence-electron chi connectivity index (χ0n) is 7.86. The number of amides is 1. The monoisotopic (exact) mass is 208 g/mol. The molecular formula is C7H8N6O2. The van der Waals surface area contributed by atoms with E-state index < -0.39 is 17.8 Å². The molecule has 2 N–H and O–H groups in total. The molecule has 8 heteroatoms. The summed E-state index contributed by atoms with van der Waals surface area (Å²) in [5.41, 5.74) is 4.35. The van der Waals surface area contributed by atoms with Crippen molar-refractivity contribution < 1.29 is 9.63 Å². The zero-order valence-corrected chi connectivity index (χ0v) is 7.86. The van der Waals surface area contributed by atoms with Crippen LogP contribution in [0.2, 0.25) is 0 Å². The molecule has 0 aliphatic carbocycles. The zero-order chi connectivity index (χ0) is 11.3. The third kappa shape index (κ3) is 2.77. The molecular weight excluding hydrogens is 200 g/mol. The van der Waals surface area contributed by atoms with E-state index in [1.54, 1.807) is 6.92 Å². The fourth-order valence-electron chi connectivity index (χ4n) is 0.703. The largest absolute Gasteiger partial charge is 0.367 e. The van der Waals surface area contributed by atoms with Gasteiger partial charge in [0.1, 0.15) is 18.7 Å². The van der Waals surface area contributed by atoms with Gasteiger partial charge in [0.2, 0.25) is 11.9 Å². The van der Waals surface area contributed by atoms with E-state index in [0.717, 1.165) is 0 Å². The van der Waals surface area contributed by atoms with Crippen LogP contribution in [0.3, 0.4) is 0 Å². The van der Waals surface area contributed by atoms with Gasteiger partial charge in [-0.05, 0) is 6.92 Å². The standard InChI is InChI=1S/C7H8N6O2/c1-5(13-4-10-3-11-13)15-12-6(2-8)7(9)14/h3-5H,1H3,(H2,9,14). The molecule has 1 heterocycles. The van der Waals surface area contributed by atoms with Crippen LogP contribution in [0.15, 0.2) is 17.8 Å². The highest BCUT2D eigenvalue weighted by molar-refractivity contribution is 6.44. The van der Waals surface area contributed by atoms with E-state index in [2.05, 4.69) is 15.2 Å². The second-order valence-electron chi connectivity index (χ2n) is 2.50. The summed E-state index contributed by atoms with van der Waals surface area (Å²) < 4.78 is 1.36. The van der Waals surface area contributed by atoms with Crippen LogP contribution in [0.5, 0.6) is 0 Å². The predicted molar refractivity (Wildman–Crippen MR) is 48.1 cm³/mol. The van der Waals surface area contributed by atoms with Crippen molar-refractivity contribution in [3.05, 3.63) is 12.7 Å². The summed E-state index contributed by atoms with van der Waals surface area (Å²) in [7, 11) is 0. The van der Waals surface area contributed by atoms with Gasteiger partial charge in [-0.2, -0.15) is 10.4 Å². The number of aromatic nitrogens is 3. The first-order valence-corrected chi connectivity index (χ1v) is 3.93. The quantitative estimate of drug-likeness (QED) is 0.512. The normalized spacial score (nSPS) is 12.9. The molecule has 0 bridgehead atoms. The summed E-state index contributed by atoms with van der Waals surface area (Å²) in [6.07, 6.45) is 2.16. The molecule has 0 radical (unpaired) electrons. The Morgan fingerprint density at radius 3 is 3.00 bits per heavy atom. The van der Waals surface area contributed by atoms with Gasteiger partial charge < -0.3 is 10.6 Å². The molecule has 78 valence electrons. The Balaban J connectivity index is 2.64. The molecule has 8 nitrogen and oxygen atoms in total. The minimum Gasteiger partial charge on any atom is -0.367 e. The number of primary amides is 1. The number of hydrogen-bond donors (Lipinski definition) is 1. The highest BCUT2D eigenvalue weighted by atomic mass is 16.6. The maximum atomic E-state index is 10.6. The second-order valence-corrected chi connectivity index (χ2v) is 2.50. The Morgan fingerprint density at radius 2 is 2.53 bits per heavy atom. The minimum absolute atomic E-state index is 0.498. The van der Waals surface area contributed by atoms with Crippen molar-refractivity contribution in [1.82, 2.24) is 14.8 Å². The first-order chi connectivity index (χ1) is 7.15. The SMILES string of the molecule is CC(ON=C(C#N)C(N)=O)n1cncn1. The lowest BCUT2D eigenvalue weighted by molar-refractivity contribution is -0.112. The number of oxime groups is 1. The Kier molecular flexibility index (Phi) is 3.34. The molecule has 0 saturated heterocycles. The van der Waals surface area contributed by atoms with E-state index in [1.807, 2.05) is 0 Å². The molecule has 1 atom stereocenters. The summed E-state index contributed by atoms with van der Waals surface area (Å²) in [6.45, 7) is 1.62. The van der Waals surface area contributed by atoms with Crippen molar-refractivity contribution in [2.75, 3.05) is 0 Å². The van der Waals surface area contributed by atoms with Gasteiger partial charge in [0.15, 0.2) is 0 Å². The molecule has 1 aromatic heterocycles. The Hall–Kier alpha value is -2.43. The lowest BCUT2D eigenvalue weighted by Crippen LogP contribution is -2.22. The van der Waals surface area contributed by atoms with Gasteiger partial charge in [-0.1, -0.05) is 5.16 Å². The molecule has 1 unspecified atom stereocenters. The predicted octanol–water partition coefficient (Wildman–Crippen LogP) is -0.822. The number of nitrogens with two attached hydrogens (primary N) is 1. The molecule has 0 aliphatic rings. The molecule has 0 spiro atoms. The van der Waals surface area contributed by atoms with Crippen molar-refractivity contribution >= 4 is 11.6 Å². The molecule has 15 heavy (non-hydrogen) atoms. The molecule has 0 aliphatic heterocycles. The molecule has 0 fully saturated rings. The molecule has 1 amide bonds. The van der Waals surface area contributed by atoms with Crippen LogP contribution < -0.4 is 5.73 Å². The highest BCUT2D eigenvalue weighted by Gasteiger charge is 2.09. The minimum atomic E-state index is -0.941. The fourth-order valence-corrected chi connectivity index (χ4v) is 0.703. The van der Waals surface area contributed by atoms with Crippen LogP contribution in [-0.4, -0.2) is 26.4 Å². The lowest BCUT2D eigenvalue weighted by atomic mass is 10.4. The lowest BCUT2D eigenvalue weighted by Gasteiger charge is -2.08. The third-order valence-electron chi connectivity index (χ3n) is 1.44. The first-order valence-electron chi connectivity index (χ1n) is 3.93. The van der Waals surface area contributed by atoms with Crippen molar-refractivity contribution in [3.63, 3.8) is 0 Å². The van der Waals surface area contributed by atoms with Crippen molar-refractivity contribution in [2.24, 2.45) is 10.9 Å².